The third-order valence-corrected chi connectivity index (χ3v) is 6.04. The fourth-order valence-electron chi connectivity index (χ4n) is 2.52. The number of thiazole rings is 1. The molecule has 3 aromatic rings. The largest absolute Gasteiger partial charge is 0.469 e. The van der Waals surface area contributed by atoms with E-state index in [9.17, 15) is 9.59 Å². The van der Waals surface area contributed by atoms with Crippen molar-refractivity contribution < 1.29 is 14.3 Å². The van der Waals surface area contributed by atoms with Crippen LogP contribution in [0.4, 0.5) is 0 Å². The molecule has 134 valence electrons. The summed E-state index contributed by atoms with van der Waals surface area (Å²) in [4.78, 5) is 30.7. The van der Waals surface area contributed by atoms with Crippen LogP contribution in [0, 0.1) is 6.92 Å². The Hall–Kier alpha value is -2.51. The summed E-state index contributed by atoms with van der Waals surface area (Å²) in [5, 5.41) is 5.75. The van der Waals surface area contributed by atoms with Gasteiger partial charge >= 0.3 is 5.97 Å². The van der Waals surface area contributed by atoms with Crippen LogP contribution in [-0.4, -0.2) is 24.0 Å². The lowest BCUT2D eigenvalue weighted by Gasteiger charge is -2.18. The molecule has 1 N–H and O–H groups in total. The van der Waals surface area contributed by atoms with E-state index in [4.69, 9.17) is 4.74 Å². The molecule has 0 fully saturated rings. The number of nitrogens with zero attached hydrogens (tertiary/aromatic N) is 1. The highest BCUT2D eigenvalue weighted by molar-refractivity contribution is 7.22. The van der Waals surface area contributed by atoms with Crippen LogP contribution >= 0.6 is 22.7 Å². The molecule has 0 saturated carbocycles. The van der Waals surface area contributed by atoms with E-state index in [2.05, 4.69) is 10.3 Å². The van der Waals surface area contributed by atoms with Crippen LogP contribution in [0.1, 0.15) is 33.4 Å². The van der Waals surface area contributed by atoms with Crippen LogP contribution in [-0.2, 0) is 9.53 Å². The molecule has 1 atom stereocenters. The first kappa shape index (κ1) is 18.3. The number of ether oxygens (including phenoxy) is 1. The molecule has 0 saturated heterocycles. The normalized spacial score (nSPS) is 11.8. The first-order chi connectivity index (χ1) is 12.6. The van der Waals surface area contributed by atoms with Gasteiger partial charge in [0.25, 0.3) is 5.91 Å². The van der Waals surface area contributed by atoms with Crippen molar-refractivity contribution in [2.75, 3.05) is 7.11 Å². The number of aromatic nitrogens is 1. The van der Waals surface area contributed by atoms with Crippen LogP contribution in [0.2, 0.25) is 0 Å². The van der Waals surface area contributed by atoms with Gasteiger partial charge in [0.2, 0.25) is 0 Å². The molecule has 1 amide bonds. The molecule has 0 aliphatic rings. The van der Waals surface area contributed by atoms with Crippen molar-refractivity contribution in [2.45, 2.75) is 19.4 Å². The third kappa shape index (κ3) is 4.17. The quantitative estimate of drug-likeness (QED) is 0.644. The van der Waals surface area contributed by atoms with Crippen molar-refractivity contribution in [2.24, 2.45) is 0 Å². The van der Waals surface area contributed by atoms with Crippen molar-refractivity contribution in [1.82, 2.24) is 10.3 Å². The van der Waals surface area contributed by atoms with E-state index in [0.717, 1.165) is 15.4 Å². The summed E-state index contributed by atoms with van der Waals surface area (Å²) in [6, 6.07) is 12.9. The Morgan fingerprint density at radius 2 is 1.96 bits per heavy atom. The molecule has 3 rings (SSSR count). The van der Waals surface area contributed by atoms with Gasteiger partial charge in [-0.3, -0.25) is 9.59 Å². The Labute approximate surface area is 159 Å². The van der Waals surface area contributed by atoms with Gasteiger partial charge in [-0.25, -0.2) is 4.98 Å². The summed E-state index contributed by atoms with van der Waals surface area (Å²) < 4.78 is 4.77. The number of rotatable bonds is 6. The van der Waals surface area contributed by atoms with Gasteiger partial charge in [0, 0.05) is 0 Å². The van der Waals surface area contributed by atoms with E-state index < -0.39 is 6.04 Å². The Balaban J connectivity index is 1.82. The maximum absolute atomic E-state index is 12.8. The van der Waals surface area contributed by atoms with Crippen LogP contribution in [0.25, 0.3) is 9.88 Å². The third-order valence-electron chi connectivity index (χ3n) is 3.84. The lowest BCUT2D eigenvalue weighted by molar-refractivity contribution is -0.141. The number of esters is 1. The molecule has 2 aromatic heterocycles. The molecule has 26 heavy (non-hydrogen) atoms. The van der Waals surface area contributed by atoms with E-state index >= 15 is 0 Å². The Morgan fingerprint density at radius 3 is 2.62 bits per heavy atom. The number of hydrogen-bond donors (Lipinski definition) is 1. The molecular formula is C19H18N2O3S2. The zero-order valence-electron chi connectivity index (χ0n) is 14.4. The van der Waals surface area contributed by atoms with Crippen LogP contribution in [0.3, 0.4) is 0 Å². The molecular weight excluding hydrogens is 368 g/mol. The zero-order valence-corrected chi connectivity index (χ0v) is 16.0. The van der Waals surface area contributed by atoms with Gasteiger partial charge in [-0.2, -0.15) is 0 Å². The minimum atomic E-state index is -0.456. The number of methoxy groups -OCH3 is 1. The summed E-state index contributed by atoms with van der Waals surface area (Å²) in [5.41, 5.74) is 1.53. The van der Waals surface area contributed by atoms with Gasteiger partial charge < -0.3 is 10.1 Å². The average molecular weight is 386 g/mol. The standard InChI is InChI=1S/C19H18N2O3S2/c1-12-17(26-19(20-12)15-9-6-10-25-15)18(23)21-14(11-16(22)24-2)13-7-4-3-5-8-13/h3-10,14H,11H2,1-2H3,(H,21,23)/t14-/m0/s1. The Kier molecular flexibility index (Phi) is 5.80. The number of benzene rings is 1. The predicted molar refractivity (Wildman–Crippen MR) is 103 cm³/mol. The monoisotopic (exact) mass is 386 g/mol. The molecule has 2 heterocycles. The van der Waals surface area contributed by atoms with Gasteiger partial charge in [0.15, 0.2) is 0 Å². The van der Waals surface area contributed by atoms with E-state index in [1.807, 2.05) is 54.8 Å². The maximum atomic E-state index is 12.8. The number of thiophene rings is 1. The second-order valence-corrected chi connectivity index (χ2v) is 7.57. The lowest BCUT2D eigenvalue weighted by Crippen LogP contribution is -2.30. The Bertz CT molecular complexity index is 889. The predicted octanol–water partition coefficient (Wildman–Crippen LogP) is 4.21. The molecule has 0 aliphatic heterocycles. The van der Waals surface area contributed by atoms with E-state index in [-0.39, 0.29) is 18.3 Å². The fraction of sp³-hybridized carbons (Fsp3) is 0.211. The topological polar surface area (TPSA) is 68.3 Å². The van der Waals surface area contributed by atoms with Gasteiger partial charge in [-0.15, -0.1) is 22.7 Å². The van der Waals surface area contributed by atoms with Gasteiger partial charge in [0.1, 0.15) is 9.88 Å². The first-order valence-electron chi connectivity index (χ1n) is 8.02. The molecule has 0 bridgehead atoms. The van der Waals surface area contributed by atoms with Gasteiger partial charge in [0.05, 0.1) is 30.1 Å². The Morgan fingerprint density at radius 1 is 1.19 bits per heavy atom. The number of aryl methyl sites for hydroxylation is 1. The highest BCUT2D eigenvalue weighted by atomic mass is 32.1. The average Bonchev–Trinajstić information content (AvgIpc) is 3.31. The second kappa shape index (κ2) is 8.25. The van der Waals surface area contributed by atoms with Crippen molar-refractivity contribution in [3.8, 4) is 9.88 Å². The van der Waals surface area contributed by atoms with Crippen LogP contribution < -0.4 is 5.32 Å². The van der Waals surface area contributed by atoms with Gasteiger partial charge in [-0.05, 0) is 23.9 Å². The fourth-order valence-corrected chi connectivity index (χ4v) is 4.29. The lowest BCUT2D eigenvalue weighted by atomic mass is 10.0. The van der Waals surface area contributed by atoms with Crippen molar-refractivity contribution in [3.05, 3.63) is 64.0 Å². The maximum Gasteiger partial charge on any atom is 0.307 e. The number of carbonyl (C=O) groups excluding carboxylic acids is 2. The summed E-state index contributed by atoms with van der Waals surface area (Å²) in [5.74, 6) is -0.611. The second-order valence-electron chi connectivity index (χ2n) is 5.63. The molecule has 0 unspecified atom stereocenters. The van der Waals surface area contributed by atoms with E-state index in [0.29, 0.717) is 10.6 Å². The molecule has 0 aliphatic carbocycles. The zero-order chi connectivity index (χ0) is 18.5. The molecule has 0 radical (unpaired) electrons. The van der Waals surface area contributed by atoms with Crippen molar-refractivity contribution in [3.63, 3.8) is 0 Å². The smallest absolute Gasteiger partial charge is 0.307 e. The summed E-state index contributed by atoms with van der Waals surface area (Å²) >= 11 is 2.95. The summed E-state index contributed by atoms with van der Waals surface area (Å²) in [6.45, 7) is 1.82. The van der Waals surface area contributed by atoms with Gasteiger partial charge in [-0.1, -0.05) is 36.4 Å². The molecule has 7 heteroatoms. The number of nitrogens with one attached hydrogen (secondary N) is 1. The molecule has 1 aromatic carbocycles. The minimum Gasteiger partial charge on any atom is -0.469 e. The van der Waals surface area contributed by atoms with Crippen LogP contribution in [0.15, 0.2) is 47.8 Å². The van der Waals surface area contributed by atoms with Crippen molar-refractivity contribution in [1.29, 1.82) is 0 Å². The minimum absolute atomic E-state index is 0.0713. The number of amides is 1. The molecule has 5 nitrogen and oxygen atoms in total. The van der Waals surface area contributed by atoms with Crippen LogP contribution in [0.5, 0.6) is 0 Å². The first-order valence-corrected chi connectivity index (χ1v) is 9.72. The number of hydrogen-bond acceptors (Lipinski definition) is 6. The SMILES string of the molecule is COC(=O)C[C@H](NC(=O)c1sc(-c2cccs2)nc1C)c1ccccc1. The highest BCUT2D eigenvalue weighted by Gasteiger charge is 2.23. The molecule has 0 spiro atoms. The highest BCUT2D eigenvalue weighted by Crippen LogP contribution is 2.31. The van der Waals surface area contributed by atoms with Crippen molar-refractivity contribution >= 4 is 34.6 Å². The summed E-state index contributed by atoms with van der Waals surface area (Å²) in [7, 11) is 1.34. The summed E-state index contributed by atoms with van der Waals surface area (Å²) in [6.07, 6.45) is 0.0713. The number of carbonyl (C=O) groups is 2. The van der Waals surface area contributed by atoms with E-state index in [1.165, 1.54) is 18.4 Å². The van der Waals surface area contributed by atoms with E-state index in [1.54, 1.807) is 11.3 Å².